The third kappa shape index (κ3) is 5.64. The van der Waals surface area contributed by atoms with Crippen molar-refractivity contribution in [3.05, 3.63) is 64.1 Å². The molecule has 0 radical (unpaired) electrons. The van der Waals surface area contributed by atoms with E-state index in [1.807, 2.05) is 19.1 Å². The molecule has 0 N–H and O–H groups in total. The number of carbonyl (C=O) groups is 2. The Morgan fingerprint density at radius 1 is 0.960 bits per heavy atom. The van der Waals surface area contributed by atoms with Gasteiger partial charge in [-0.3, -0.25) is 9.79 Å². The Bertz CT molecular complexity index is 765. The van der Waals surface area contributed by atoms with Gasteiger partial charge in [-0.15, -0.1) is 0 Å². The van der Waals surface area contributed by atoms with Crippen LogP contribution in [0, 0.1) is 0 Å². The fourth-order valence-electron chi connectivity index (χ4n) is 2.24. The molecular formula is C20H20BrNO3. The molecule has 0 saturated heterocycles. The summed E-state index contributed by atoms with van der Waals surface area (Å²) in [7, 11) is 0. The van der Waals surface area contributed by atoms with E-state index in [4.69, 9.17) is 4.74 Å². The summed E-state index contributed by atoms with van der Waals surface area (Å²) in [5.74, 6) is -0.310. The second kappa shape index (κ2) is 9.28. The van der Waals surface area contributed by atoms with E-state index in [-0.39, 0.29) is 18.2 Å². The van der Waals surface area contributed by atoms with Gasteiger partial charge in [-0.1, -0.05) is 35.0 Å². The van der Waals surface area contributed by atoms with Crippen molar-refractivity contribution in [2.24, 2.45) is 4.99 Å². The Kier molecular flexibility index (Phi) is 7.07. The zero-order valence-corrected chi connectivity index (χ0v) is 15.9. The molecule has 0 saturated carbocycles. The molecule has 130 valence electrons. The standard InChI is InChI=1S/C20H20BrNO3/c1-3-17(13-19(23)14-5-9-16(21)10-6-14)22-18-11-7-15(8-12-18)20(24)25-4-2/h5-12H,3-4,13H2,1-2H3. The Morgan fingerprint density at radius 3 is 2.12 bits per heavy atom. The maximum absolute atomic E-state index is 12.4. The van der Waals surface area contributed by atoms with E-state index >= 15 is 0 Å². The van der Waals surface area contributed by atoms with Gasteiger partial charge in [0.05, 0.1) is 17.9 Å². The second-order valence-corrected chi connectivity index (χ2v) is 6.32. The van der Waals surface area contributed by atoms with Crippen LogP contribution in [-0.2, 0) is 4.74 Å². The van der Waals surface area contributed by atoms with Crippen molar-refractivity contribution in [1.82, 2.24) is 0 Å². The van der Waals surface area contributed by atoms with E-state index in [1.165, 1.54) is 0 Å². The van der Waals surface area contributed by atoms with Crippen molar-refractivity contribution in [3.63, 3.8) is 0 Å². The number of halogens is 1. The zero-order valence-electron chi connectivity index (χ0n) is 14.3. The topological polar surface area (TPSA) is 55.7 Å². The first kappa shape index (κ1) is 19.1. The highest BCUT2D eigenvalue weighted by molar-refractivity contribution is 9.10. The number of ketones is 1. The minimum Gasteiger partial charge on any atom is -0.462 e. The molecule has 0 aliphatic heterocycles. The molecule has 0 aromatic heterocycles. The van der Waals surface area contributed by atoms with Crippen LogP contribution in [0.1, 0.15) is 47.4 Å². The summed E-state index contributed by atoms with van der Waals surface area (Å²) >= 11 is 3.36. The lowest BCUT2D eigenvalue weighted by atomic mass is 10.0. The van der Waals surface area contributed by atoms with Crippen molar-refractivity contribution in [2.75, 3.05) is 6.61 Å². The molecular weight excluding hydrogens is 382 g/mol. The quantitative estimate of drug-likeness (QED) is 0.355. The summed E-state index contributed by atoms with van der Waals surface area (Å²) in [6, 6.07) is 14.2. The summed E-state index contributed by atoms with van der Waals surface area (Å²) in [5.41, 5.74) is 2.68. The first-order valence-corrected chi connectivity index (χ1v) is 8.95. The number of rotatable bonds is 7. The predicted octanol–water partition coefficient (Wildman–Crippen LogP) is 5.38. The molecule has 0 fully saturated rings. The van der Waals surface area contributed by atoms with Crippen LogP contribution in [0.4, 0.5) is 5.69 Å². The van der Waals surface area contributed by atoms with E-state index in [1.54, 1.807) is 43.3 Å². The monoisotopic (exact) mass is 401 g/mol. The smallest absolute Gasteiger partial charge is 0.338 e. The van der Waals surface area contributed by atoms with E-state index in [9.17, 15) is 9.59 Å². The summed E-state index contributed by atoms with van der Waals surface area (Å²) in [6.07, 6.45) is 0.958. The van der Waals surface area contributed by atoms with Crippen LogP contribution in [0.15, 0.2) is 58.0 Å². The molecule has 4 nitrogen and oxygen atoms in total. The van der Waals surface area contributed by atoms with Gasteiger partial charge in [-0.2, -0.15) is 0 Å². The van der Waals surface area contributed by atoms with Gasteiger partial charge in [0.25, 0.3) is 0 Å². The molecule has 0 amide bonds. The first-order chi connectivity index (χ1) is 12.0. The van der Waals surface area contributed by atoms with Crippen molar-refractivity contribution in [1.29, 1.82) is 0 Å². The summed E-state index contributed by atoms with van der Waals surface area (Å²) in [6.45, 7) is 4.09. The number of benzene rings is 2. The van der Waals surface area contributed by atoms with E-state index in [2.05, 4.69) is 20.9 Å². The summed E-state index contributed by atoms with van der Waals surface area (Å²) in [4.78, 5) is 28.6. The number of hydrogen-bond acceptors (Lipinski definition) is 4. The highest BCUT2D eigenvalue weighted by atomic mass is 79.9. The van der Waals surface area contributed by atoms with Gasteiger partial charge in [0.2, 0.25) is 0 Å². The molecule has 0 spiro atoms. The lowest BCUT2D eigenvalue weighted by Crippen LogP contribution is -2.07. The highest BCUT2D eigenvalue weighted by Gasteiger charge is 2.10. The normalized spacial score (nSPS) is 11.2. The van der Waals surface area contributed by atoms with E-state index in [0.717, 1.165) is 10.2 Å². The van der Waals surface area contributed by atoms with Crippen LogP contribution in [0.3, 0.4) is 0 Å². The average molecular weight is 402 g/mol. The number of aliphatic imine (C=N–C) groups is 1. The lowest BCUT2D eigenvalue weighted by molar-refractivity contribution is 0.0526. The predicted molar refractivity (Wildman–Crippen MR) is 103 cm³/mol. The van der Waals surface area contributed by atoms with Crippen LogP contribution in [0.5, 0.6) is 0 Å². The fraction of sp³-hybridized carbons (Fsp3) is 0.250. The van der Waals surface area contributed by atoms with E-state index < -0.39 is 0 Å². The maximum atomic E-state index is 12.4. The third-order valence-electron chi connectivity index (χ3n) is 3.60. The molecule has 0 unspecified atom stereocenters. The summed E-state index contributed by atoms with van der Waals surface area (Å²) < 4.78 is 5.90. The van der Waals surface area contributed by atoms with Crippen molar-refractivity contribution >= 4 is 39.1 Å². The maximum Gasteiger partial charge on any atom is 0.338 e. The molecule has 0 aliphatic rings. The SMILES string of the molecule is CCOC(=O)c1ccc(N=C(CC)CC(=O)c2ccc(Br)cc2)cc1. The van der Waals surface area contributed by atoms with Crippen molar-refractivity contribution in [2.45, 2.75) is 26.7 Å². The Hall–Kier alpha value is -2.27. The van der Waals surface area contributed by atoms with Crippen LogP contribution in [-0.4, -0.2) is 24.1 Å². The number of Topliss-reactive ketones (excluding diaryl/α,β-unsaturated/α-hetero) is 1. The van der Waals surface area contributed by atoms with E-state index in [0.29, 0.717) is 29.8 Å². The molecule has 5 heteroatoms. The average Bonchev–Trinajstić information content (AvgIpc) is 2.62. The van der Waals surface area contributed by atoms with Gasteiger partial charge in [0.15, 0.2) is 5.78 Å². The Morgan fingerprint density at radius 2 is 1.56 bits per heavy atom. The van der Waals surface area contributed by atoms with Gasteiger partial charge in [0.1, 0.15) is 0 Å². The lowest BCUT2D eigenvalue weighted by Gasteiger charge is -2.05. The Balaban J connectivity index is 2.10. The highest BCUT2D eigenvalue weighted by Crippen LogP contribution is 2.17. The molecule has 0 aliphatic carbocycles. The first-order valence-electron chi connectivity index (χ1n) is 8.15. The number of ether oxygens (including phenoxy) is 1. The van der Waals surface area contributed by atoms with Gasteiger partial charge in [0, 0.05) is 22.2 Å². The number of hydrogen-bond donors (Lipinski definition) is 0. The Labute approximate surface area is 156 Å². The molecule has 2 aromatic carbocycles. The van der Waals surface area contributed by atoms with Crippen LogP contribution >= 0.6 is 15.9 Å². The van der Waals surface area contributed by atoms with Gasteiger partial charge >= 0.3 is 5.97 Å². The molecule has 0 bridgehead atoms. The summed E-state index contributed by atoms with van der Waals surface area (Å²) in [5, 5.41) is 0. The fourth-order valence-corrected chi connectivity index (χ4v) is 2.50. The van der Waals surface area contributed by atoms with Gasteiger partial charge in [-0.25, -0.2) is 4.79 Å². The van der Waals surface area contributed by atoms with Crippen molar-refractivity contribution in [3.8, 4) is 0 Å². The van der Waals surface area contributed by atoms with Crippen LogP contribution < -0.4 is 0 Å². The third-order valence-corrected chi connectivity index (χ3v) is 4.13. The van der Waals surface area contributed by atoms with Gasteiger partial charge < -0.3 is 4.74 Å². The molecule has 0 heterocycles. The van der Waals surface area contributed by atoms with Crippen LogP contribution in [0.25, 0.3) is 0 Å². The van der Waals surface area contributed by atoms with Gasteiger partial charge in [-0.05, 0) is 49.7 Å². The molecule has 2 rings (SSSR count). The molecule has 2 aromatic rings. The minimum absolute atomic E-state index is 0.0382. The molecule has 0 atom stereocenters. The largest absolute Gasteiger partial charge is 0.462 e. The van der Waals surface area contributed by atoms with Crippen molar-refractivity contribution < 1.29 is 14.3 Å². The molecule has 25 heavy (non-hydrogen) atoms. The zero-order chi connectivity index (χ0) is 18.2. The van der Waals surface area contributed by atoms with Crippen LogP contribution in [0.2, 0.25) is 0 Å². The number of esters is 1. The number of nitrogens with zero attached hydrogens (tertiary/aromatic N) is 1. The minimum atomic E-state index is -0.348. The number of carbonyl (C=O) groups excluding carboxylic acids is 2. The second-order valence-electron chi connectivity index (χ2n) is 5.41.